The van der Waals surface area contributed by atoms with Crippen LogP contribution in [0.3, 0.4) is 0 Å². The van der Waals surface area contributed by atoms with Gasteiger partial charge in [0.1, 0.15) is 11.7 Å². The summed E-state index contributed by atoms with van der Waals surface area (Å²) in [6, 6.07) is 3.84. The quantitative estimate of drug-likeness (QED) is 0.467. The summed E-state index contributed by atoms with van der Waals surface area (Å²) in [5, 5.41) is 14.5. The van der Waals surface area contributed by atoms with E-state index in [0.29, 0.717) is 19.6 Å². The molecule has 6 nitrogen and oxygen atoms in total. The number of hydrogen-bond acceptors (Lipinski definition) is 6. The summed E-state index contributed by atoms with van der Waals surface area (Å²) in [5.74, 6) is -1.00. The van der Waals surface area contributed by atoms with Gasteiger partial charge in [0.15, 0.2) is 0 Å². The topological polar surface area (TPSA) is 77.0 Å². The zero-order chi connectivity index (χ0) is 25.5. The van der Waals surface area contributed by atoms with Crippen LogP contribution in [-0.2, 0) is 14.2 Å². The molecule has 0 bridgehead atoms. The molecule has 2 N–H and O–H groups in total. The van der Waals surface area contributed by atoms with E-state index in [1.54, 1.807) is 11.3 Å². The third-order valence-electron chi connectivity index (χ3n) is 6.06. The van der Waals surface area contributed by atoms with Crippen molar-refractivity contribution in [3.8, 4) is 0 Å². The van der Waals surface area contributed by atoms with Crippen LogP contribution >= 0.6 is 11.3 Å². The van der Waals surface area contributed by atoms with Gasteiger partial charge in [-0.1, -0.05) is 59.3 Å². The van der Waals surface area contributed by atoms with Crippen molar-refractivity contribution in [3.63, 3.8) is 0 Å². The van der Waals surface area contributed by atoms with Gasteiger partial charge in [-0.2, -0.15) is 0 Å². The second-order valence-corrected chi connectivity index (χ2v) is 18.9. The van der Waals surface area contributed by atoms with Gasteiger partial charge < -0.3 is 24.6 Å². The van der Waals surface area contributed by atoms with Gasteiger partial charge in [-0.05, 0) is 37.8 Å². The van der Waals surface area contributed by atoms with E-state index in [0.717, 1.165) is 28.9 Å². The lowest BCUT2D eigenvalue weighted by Crippen LogP contribution is -2.48. The van der Waals surface area contributed by atoms with Crippen molar-refractivity contribution in [3.05, 3.63) is 22.6 Å². The third kappa shape index (κ3) is 6.13. The highest BCUT2D eigenvalue weighted by Gasteiger charge is 2.63. The Bertz CT molecular complexity index is 914. The van der Waals surface area contributed by atoms with Crippen LogP contribution in [-0.4, -0.2) is 56.0 Å². The van der Waals surface area contributed by atoms with Gasteiger partial charge >= 0.3 is 6.09 Å². The van der Waals surface area contributed by atoms with Gasteiger partial charge in [-0.3, -0.25) is 0 Å². The maximum absolute atomic E-state index is 12.6. The van der Waals surface area contributed by atoms with Crippen molar-refractivity contribution in [2.45, 2.75) is 104 Å². The van der Waals surface area contributed by atoms with E-state index in [1.807, 2.05) is 20.8 Å². The van der Waals surface area contributed by atoms with Crippen molar-refractivity contribution in [2.75, 3.05) is 13.2 Å². The number of thiophene rings is 1. The SMILES string of the molecule is CCCC[C@H](NC(=O)OC(C)(C)C)C(O)C1=C(c2ccc([Si](C)(C)C)s2)C12OCC(C)(C)CO2. The summed E-state index contributed by atoms with van der Waals surface area (Å²) in [6.45, 7) is 19.9. The fraction of sp³-hybridized carbons (Fsp3) is 0.731. The molecule has 1 spiro atoms. The Morgan fingerprint density at radius 2 is 1.85 bits per heavy atom. The Hall–Kier alpha value is -1.19. The first-order valence-electron chi connectivity index (χ1n) is 12.4. The Balaban J connectivity index is 1.92. The lowest BCUT2D eigenvalue weighted by molar-refractivity contribution is -0.230. The van der Waals surface area contributed by atoms with E-state index in [-0.39, 0.29) is 5.41 Å². The van der Waals surface area contributed by atoms with Gasteiger partial charge in [-0.25, -0.2) is 4.79 Å². The van der Waals surface area contributed by atoms with E-state index in [4.69, 9.17) is 14.2 Å². The van der Waals surface area contributed by atoms with Crippen LogP contribution in [0, 0.1) is 5.41 Å². The van der Waals surface area contributed by atoms with Gasteiger partial charge in [-0.15, -0.1) is 11.3 Å². The van der Waals surface area contributed by atoms with E-state index in [2.05, 4.69) is 57.9 Å². The maximum Gasteiger partial charge on any atom is 0.407 e. The van der Waals surface area contributed by atoms with Gasteiger partial charge in [0.25, 0.3) is 0 Å². The summed E-state index contributed by atoms with van der Waals surface area (Å²) in [4.78, 5) is 13.7. The predicted octanol–water partition coefficient (Wildman–Crippen LogP) is 5.27. The fourth-order valence-electron chi connectivity index (χ4n) is 4.15. The molecule has 1 unspecified atom stereocenters. The van der Waals surface area contributed by atoms with Crippen LogP contribution in [0.15, 0.2) is 17.7 Å². The first kappa shape index (κ1) is 27.4. The Labute approximate surface area is 210 Å². The molecule has 34 heavy (non-hydrogen) atoms. The summed E-state index contributed by atoms with van der Waals surface area (Å²) >= 11 is 1.77. The molecule has 1 aliphatic heterocycles. The summed E-state index contributed by atoms with van der Waals surface area (Å²) in [7, 11) is -1.47. The van der Waals surface area contributed by atoms with Crippen LogP contribution in [0.4, 0.5) is 4.79 Å². The van der Waals surface area contributed by atoms with E-state index >= 15 is 0 Å². The molecule has 1 fully saturated rings. The third-order valence-corrected chi connectivity index (χ3v) is 10.8. The molecule has 1 aliphatic carbocycles. The number of unbranched alkanes of at least 4 members (excludes halogenated alkanes) is 1. The highest BCUT2D eigenvalue weighted by Crippen LogP contribution is 2.59. The van der Waals surface area contributed by atoms with E-state index in [1.165, 1.54) is 4.50 Å². The molecule has 2 aliphatic rings. The van der Waals surface area contributed by atoms with Crippen LogP contribution in [0.2, 0.25) is 19.6 Å². The lowest BCUT2D eigenvalue weighted by atomic mass is 9.95. The number of ether oxygens (including phenoxy) is 3. The molecule has 2 atom stereocenters. The van der Waals surface area contributed by atoms with Gasteiger partial charge in [0, 0.05) is 21.4 Å². The number of rotatable bonds is 8. The summed E-state index contributed by atoms with van der Waals surface area (Å²) in [5.41, 5.74) is 0.965. The first-order chi connectivity index (χ1) is 15.6. The first-order valence-corrected chi connectivity index (χ1v) is 16.7. The number of aliphatic hydroxyl groups excluding tert-OH is 1. The van der Waals surface area contributed by atoms with Crippen molar-refractivity contribution < 1.29 is 24.1 Å². The monoisotopic (exact) mass is 509 g/mol. The molecule has 0 aromatic carbocycles. The van der Waals surface area contributed by atoms with Crippen molar-refractivity contribution in [1.29, 1.82) is 0 Å². The average molecular weight is 510 g/mol. The normalized spacial score (nSPS) is 21.4. The second-order valence-electron chi connectivity index (χ2n) is 12.4. The minimum atomic E-state index is -1.47. The number of nitrogens with one attached hydrogen (secondary N) is 1. The lowest BCUT2D eigenvalue weighted by Gasteiger charge is -2.37. The molecule has 1 aromatic rings. The Kier molecular flexibility index (Phi) is 7.81. The van der Waals surface area contributed by atoms with Crippen LogP contribution in [0.5, 0.6) is 0 Å². The molecular weight excluding hydrogens is 466 g/mol. The predicted molar refractivity (Wildman–Crippen MR) is 141 cm³/mol. The number of aliphatic hydroxyl groups is 1. The number of amides is 1. The second kappa shape index (κ2) is 9.69. The van der Waals surface area contributed by atoms with E-state index < -0.39 is 37.7 Å². The zero-order valence-corrected chi connectivity index (χ0v) is 24.1. The maximum atomic E-state index is 12.6. The number of carbonyl (C=O) groups excluding carboxylic acids is 1. The highest BCUT2D eigenvalue weighted by molar-refractivity contribution is 7.27. The minimum absolute atomic E-state index is 0.0929. The highest BCUT2D eigenvalue weighted by atomic mass is 32.1. The number of carbonyl (C=O) groups is 1. The fourth-order valence-corrected chi connectivity index (χ4v) is 7.14. The van der Waals surface area contributed by atoms with Crippen molar-refractivity contribution >= 4 is 35.6 Å². The number of alkyl carbamates (subject to hydrolysis) is 1. The van der Waals surface area contributed by atoms with E-state index in [9.17, 15) is 9.90 Å². The molecule has 1 saturated heterocycles. The molecule has 3 rings (SSSR count). The standard InChI is InChI=1S/C26H43NO5SSi/c1-10-11-12-17(27-23(29)32-24(2,3)4)22(28)21-20(18-13-14-19(33-18)34(7,8)9)26(21)30-15-25(5,6)16-31-26/h13-14,17,22,28H,10-12,15-16H2,1-9H3,(H,27,29)/t17-,22?/m0/s1. The average Bonchev–Trinajstić information content (AvgIpc) is 3.05. The number of hydrogen-bond donors (Lipinski definition) is 2. The summed E-state index contributed by atoms with van der Waals surface area (Å²) < 4.78 is 19.6. The van der Waals surface area contributed by atoms with Crippen LogP contribution in [0.25, 0.3) is 5.57 Å². The molecule has 1 amide bonds. The largest absolute Gasteiger partial charge is 0.444 e. The molecule has 2 heterocycles. The van der Waals surface area contributed by atoms with Crippen LogP contribution < -0.4 is 9.82 Å². The van der Waals surface area contributed by atoms with Crippen molar-refractivity contribution in [1.82, 2.24) is 5.32 Å². The van der Waals surface area contributed by atoms with Gasteiger partial charge in [0.2, 0.25) is 5.79 Å². The summed E-state index contributed by atoms with van der Waals surface area (Å²) in [6.07, 6.45) is 1.03. The molecular formula is C26H43NO5SSi. The van der Waals surface area contributed by atoms with Gasteiger partial charge in [0.05, 0.1) is 27.3 Å². The molecule has 192 valence electrons. The smallest absolute Gasteiger partial charge is 0.407 e. The Morgan fingerprint density at radius 1 is 1.24 bits per heavy atom. The Morgan fingerprint density at radius 3 is 2.35 bits per heavy atom. The molecule has 8 heteroatoms. The zero-order valence-electron chi connectivity index (χ0n) is 22.3. The van der Waals surface area contributed by atoms with Crippen LogP contribution in [0.1, 0.15) is 65.7 Å². The van der Waals surface area contributed by atoms with Crippen molar-refractivity contribution in [2.24, 2.45) is 5.41 Å². The molecule has 0 radical (unpaired) electrons. The minimum Gasteiger partial charge on any atom is -0.444 e. The molecule has 0 saturated carbocycles. The molecule has 1 aromatic heterocycles.